The number of benzene rings is 2. The number of hydrogen-bond donors (Lipinski definition) is 0. The zero-order chi connectivity index (χ0) is 15.1. The lowest BCUT2D eigenvalue weighted by molar-refractivity contribution is 0.732. The van der Waals surface area contributed by atoms with Gasteiger partial charge < -0.3 is 0 Å². The third kappa shape index (κ3) is 2.14. The Morgan fingerprint density at radius 1 is 0.909 bits per heavy atom. The summed E-state index contributed by atoms with van der Waals surface area (Å²) in [7, 11) is 0. The number of fused-ring (bicyclic) bond motifs is 2. The molecule has 2 aromatic carbocycles. The van der Waals surface area contributed by atoms with Gasteiger partial charge in [0.15, 0.2) is 0 Å². The molecular weight excluding hydrogens is 264 g/mol. The Hall–Kier alpha value is -2.08. The van der Waals surface area contributed by atoms with E-state index in [1.165, 1.54) is 46.2 Å². The predicted octanol–water partition coefficient (Wildman–Crippen LogP) is 6.00. The maximum absolute atomic E-state index is 2.46. The molecule has 0 N–H and O–H groups in total. The van der Waals surface area contributed by atoms with Gasteiger partial charge in [-0.2, -0.15) is 0 Å². The van der Waals surface area contributed by atoms with Gasteiger partial charge in [0.1, 0.15) is 0 Å². The van der Waals surface area contributed by atoms with E-state index in [1.807, 2.05) is 0 Å². The highest BCUT2D eigenvalue weighted by Crippen LogP contribution is 2.41. The van der Waals surface area contributed by atoms with E-state index in [-0.39, 0.29) is 0 Å². The average molecular weight is 286 g/mol. The molecule has 0 radical (unpaired) electrons. The summed E-state index contributed by atoms with van der Waals surface area (Å²) in [4.78, 5) is 0. The fraction of sp³-hybridized carbons (Fsp3) is 0.273. The summed E-state index contributed by atoms with van der Waals surface area (Å²) >= 11 is 0. The number of allylic oxidation sites excluding steroid dienone is 4. The molecule has 0 aromatic heterocycles. The molecule has 0 saturated heterocycles. The van der Waals surface area contributed by atoms with Crippen molar-refractivity contribution in [3.63, 3.8) is 0 Å². The van der Waals surface area contributed by atoms with E-state index in [0.717, 1.165) is 6.42 Å². The molecule has 0 nitrogen and oxygen atoms in total. The fourth-order valence-electron chi connectivity index (χ4n) is 4.10. The smallest absolute Gasteiger partial charge is 0.00329 e. The van der Waals surface area contributed by atoms with Gasteiger partial charge >= 0.3 is 0 Å². The Morgan fingerprint density at radius 3 is 2.45 bits per heavy atom. The van der Waals surface area contributed by atoms with E-state index in [4.69, 9.17) is 0 Å². The molecule has 0 heterocycles. The molecule has 2 aliphatic rings. The molecule has 0 fully saturated rings. The van der Waals surface area contributed by atoms with Crippen LogP contribution in [-0.4, -0.2) is 0 Å². The first kappa shape index (κ1) is 13.6. The lowest BCUT2D eigenvalue weighted by Gasteiger charge is -2.12. The standard InChI is InChI=1S/C22H22/c1-15-13-19(22-10-6-5-8-20(15)22)12-11-17-14-18-7-3-4-9-21(18)16(17)2/h3-10,13,19H,11-12,14H2,1-2H3. The Kier molecular flexibility index (Phi) is 3.26. The molecule has 0 heteroatoms. The van der Waals surface area contributed by atoms with Gasteiger partial charge in [0.25, 0.3) is 0 Å². The van der Waals surface area contributed by atoms with E-state index in [0.29, 0.717) is 5.92 Å². The van der Waals surface area contributed by atoms with Gasteiger partial charge in [0, 0.05) is 5.92 Å². The van der Waals surface area contributed by atoms with Crippen molar-refractivity contribution in [1.82, 2.24) is 0 Å². The second-order valence-electron chi connectivity index (χ2n) is 6.64. The van der Waals surface area contributed by atoms with Crippen LogP contribution >= 0.6 is 0 Å². The zero-order valence-corrected chi connectivity index (χ0v) is 13.4. The topological polar surface area (TPSA) is 0 Å². The van der Waals surface area contributed by atoms with Crippen LogP contribution < -0.4 is 0 Å². The van der Waals surface area contributed by atoms with Gasteiger partial charge in [-0.25, -0.2) is 0 Å². The molecule has 4 rings (SSSR count). The van der Waals surface area contributed by atoms with Crippen molar-refractivity contribution < 1.29 is 0 Å². The molecule has 2 aliphatic carbocycles. The molecule has 1 atom stereocenters. The summed E-state index contributed by atoms with van der Waals surface area (Å²) in [5.41, 5.74) is 10.5. The SMILES string of the molecule is CC1=CC(CCC2=C(C)c3ccccc3C2)c2ccccc21. The normalized spacial score (nSPS) is 19.2. The first-order valence-corrected chi connectivity index (χ1v) is 8.28. The summed E-state index contributed by atoms with van der Waals surface area (Å²) in [6, 6.07) is 17.8. The zero-order valence-electron chi connectivity index (χ0n) is 13.4. The Bertz CT molecular complexity index is 789. The van der Waals surface area contributed by atoms with Crippen LogP contribution in [0.4, 0.5) is 0 Å². The third-order valence-corrected chi connectivity index (χ3v) is 5.35. The minimum absolute atomic E-state index is 0.597. The van der Waals surface area contributed by atoms with E-state index in [1.54, 1.807) is 5.57 Å². The summed E-state index contributed by atoms with van der Waals surface area (Å²) in [6.07, 6.45) is 6.06. The van der Waals surface area contributed by atoms with Crippen molar-refractivity contribution >= 4 is 11.1 Å². The van der Waals surface area contributed by atoms with Crippen molar-refractivity contribution in [2.24, 2.45) is 0 Å². The van der Waals surface area contributed by atoms with Crippen LogP contribution in [0.1, 0.15) is 54.9 Å². The van der Waals surface area contributed by atoms with E-state index in [9.17, 15) is 0 Å². The first-order valence-electron chi connectivity index (χ1n) is 8.28. The maximum Gasteiger partial charge on any atom is 0.00329 e. The van der Waals surface area contributed by atoms with E-state index >= 15 is 0 Å². The molecule has 0 bridgehead atoms. The van der Waals surface area contributed by atoms with E-state index in [2.05, 4.69) is 68.5 Å². The second kappa shape index (κ2) is 5.28. The van der Waals surface area contributed by atoms with Crippen LogP contribution in [0.3, 0.4) is 0 Å². The van der Waals surface area contributed by atoms with Gasteiger partial charge in [-0.1, -0.05) is 60.2 Å². The molecule has 2 aromatic rings. The molecule has 110 valence electrons. The van der Waals surface area contributed by atoms with Gasteiger partial charge in [-0.15, -0.1) is 0 Å². The van der Waals surface area contributed by atoms with Gasteiger partial charge in [-0.05, 0) is 66.5 Å². The van der Waals surface area contributed by atoms with Crippen LogP contribution in [0.15, 0.2) is 60.2 Å². The number of hydrogen-bond acceptors (Lipinski definition) is 0. The second-order valence-corrected chi connectivity index (χ2v) is 6.64. The Balaban J connectivity index is 1.53. The van der Waals surface area contributed by atoms with Crippen LogP contribution in [-0.2, 0) is 6.42 Å². The predicted molar refractivity (Wildman–Crippen MR) is 94.8 cm³/mol. The van der Waals surface area contributed by atoms with Gasteiger partial charge in [0.05, 0.1) is 0 Å². The molecule has 0 amide bonds. The summed E-state index contributed by atoms with van der Waals surface area (Å²) in [5, 5.41) is 0. The van der Waals surface area contributed by atoms with Crippen LogP contribution in [0.5, 0.6) is 0 Å². The quantitative estimate of drug-likeness (QED) is 0.649. The minimum Gasteiger partial charge on any atom is -0.0734 e. The van der Waals surface area contributed by atoms with Crippen LogP contribution in [0.25, 0.3) is 11.1 Å². The highest BCUT2D eigenvalue weighted by Gasteiger charge is 2.23. The van der Waals surface area contributed by atoms with Crippen molar-refractivity contribution in [3.8, 4) is 0 Å². The largest absolute Gasteiger partial charge is 0.0734 e. The van der Waals surface area contributed by atoms with E-state index < -0.39 is 0 Å². The Labute approximate surface area is 133 Å². The lowest BCUT2D eigenvalue weighted by atomic mass is 9.93. The summed E-state index contributed by atoms with van der Waals surface area (Å²) < 4.78 is 0. The van der Waals surface area contributed by atoms with Crippen LogP contribution in [0, 0.1) is 0 Å². The molecule has 0 saturated carbocycles. The molecular formula is C22H22. The third-order valence-electron chi connectivity index (χ3n) is 5.35. The van der Waals surface area contributed by atoms with Crippen molar-refractivity contribution in [3.05, 3.63) is 82.4 Å². The van der Waals surface area contributed by atoms with Crippen molar-refractivity contribution in [1.29, 1.82) is 0 Å². The van der Waals surface area contributed by atoms with Gasteiger partial charge in [0.2, 0.25) is 0 Å². The molecule has 22 heavy (non-hydrogen) atoms. The lowest BCUT2D eigenvalue weighted by Crippen LogP contribution is -1.95. The molecule has 1 unspecified atom stereocenters. The average Bonchev–Trinajstić information content (AvgIpc) is 3.04. The summed E-state index contributed by atoms with van der Waals surface area (Å²) in [6.45, 7) is 4.54. The van der Waals surface area contributed by atoms with Crippen molar-refractivity contribution in [2.45, 2.75) is 39.0 Å². The fourth-order valence-corrected chi connectivity index (χ4v) is 4.10. The van der Waals surface area contributed by atoms with Crippen LogP contribution in [0.2, 0.25) is 0 Å². The maximum atomic E-state index is 2.46. The van der Waals surface area contributed by atoms with Crippen molar-refractivity contribution in [2.75, 3.05) is 0 Å². The molecule has 0 aliphatic heterocycles. The monoisotopic (exact) mass is 286 g/mol. The first-order chi connectivity index (χ1) is 10.7. The Morgan fingerprint density at radius 2 is 1.64 bits per heavy atom. The summed E-state index contributed by atoms with van der Waals surface area (Å²) in [5.74, 6) is 0.597. The highest BCUT2D eigenvalue weighted by molar-refractivity contribution is 5.75. The van der Waals surface area contributed by atoms with Gasteiger partial charge in [-0.3, -0.25) is 0 Å². The molecule has 0 spiro atoms. The highest BCUT2D eigenvalue weighted by atomic mass is 14.3. The number of rotatable bonds is 3. The minimum atomic E-state index is 0.597.